The summed E-state index contributed by atoms with van der Waals surface area (Å²) in [4.78, 5) is 6.65. The van der Waals surface area contributed by atoms with Crippen molar-refractivity contribution in [3.63, 3.8) is 0 Å². The van der Waals surface area contributed by atoms with E-state index >= 15 is 0 Å². The first kappa shape index (κ1) is 11.0. The van der Waals surface area contributed by atoms with Gasteiger partial charge in [-0.25, -0.2) is 4.98 Å². The Kier molecular flexibility index (Phi) is 3.28. The van der Waals surface area contributed by atoms with Gasteiger partial charge in [0.25, 0.3) is 0 Å². The zero-order valence-electron chi connectivity index (χ0n) is 9.20. The summed E-state index contributed by atoms with van der Waals surface area (Å²) in [6.45, 7) is 0.118. The van der Waals surface area contributed by atoms with Crippen molar-refractivity contribution < 1.29 is 9.15 Å². The molecule has 0 spiro atoms. The number of hydrogen-bond donors (Lipinski definition) is 0. The van der Waals surface area contributed by atoms with Crippen LogP contribution in [0.2, 0.25) is 0 Å². The Balaban J connectivity index is 2.20. The van der Waals surface area contributed by atoms with Crippen molar-refractivity contribution in [3.05, 3.63) is 46.8 Å². The second-order valence-corrected chi connectivity index (χ2v) is 3.24. The third-order valence-electron chi connectivity index (χ3n) is 2.20. The number of methoxy groups -OCH3 is 1. The maximum absolute atomic E-state index is 8.18. The number of hydrogen-bond acceptors (Lipinski definition) is 4. The van der Waals surface area contributed by atoms with E-state index in [9.17, 15) is 0 Å². The monoisotopic (exact) mass is 230 g/mol. The Bertz CT molecular complexity index is 541. The Labute approximate surface area is 97.5 Å². The summed E-state index contributed by atoms with van der Waals surface area (Å²) in [7, 11) is 1.61. The fraction of sp³-hybridized carbons (Fsp3) is 0.182. The molecule has 2 rings (SSSR count). The van der Waals surface area contributed by atoms with E-state index in [4.69, 9.17) is 14.7 Å². The average Bonchev–Trinajstić information content (AvgIpc) is 2.85. The lowest BCUT2D eigenvalue weighted by molar-refractivity contribution is 0.415. The van der Waals surface area contributed by atoms with E-state index in [1.54, 1.807) is 13.3 Å². The van der Waals surface area contributed by atoms with Gasteiger partial charge in [0.1, 0.15) is 12.3 Å². The van der Waals surface area contributed by atoms with Gasteiger partial charge in [-0.1, -0.05) is 5.11 Å². The largest absolute Gasteiger partial charge is 0.497 e. The van der Waals surface area contributed by atoms with Gasteiger partial charge in [-0.05, 0) is 29.8 Å². The first-order valence-corrected chi connectivity index (χ1v) is 4.93. The highest BCUT2D eigenvalue weighted by molar-refractivity contribution is 5.57. The molecule has 6 heteroatoms. The summed E-state index contributed by atoms with van der Waals surface area (Å²) in [5.74, 6) is 1.81. The van der Waals surface area contributed by atoms with Crippen LogP contribution in [-0.2, 0) is 6.54 Å². The van der Waals surface area contributed by atoms with Gasteiger partial charge in [0.15, 0.2) is 5.76 Å². The fourth-order valence-electron chi connectivity index (χ4n) is 1.36. The van der Waals surface area contributed by atoms with Crippen LogP contribution in [0.5, 0.6) is 5.75 Å². The average molecular weight is 230 g/mol. The van der Waals surface area contributed by atoms with Crippen molar-refractivity contribution >= 4 is 0 Å². The molecule has 1 aromatic carbocycles. The van der Waals surface area contributed by atoms with Gasteiger partial charge in [0.05, 0.1) is 13.3 Å². The lowest BCUT2D eigenvalue weighted by Crippen LogP contribution is -1.81. The molecule has 0 atom stereocenters. The fourth-order valence-corrected chi connectivity index (χ4v) is 1.36. The second-order valence-electron chi connectivity index (χ2n) is 3.24. The zero-order valence-corrected chi connectivity index (χ0v) is 9.20. The maximum atomic E-state index is 8.18. The van der Waals surface area contributed by atoms with E-state index in [0.29, 0.717) is 11.7 Å². The lowest BCUT2D eigenvalue weighted by Gasteiger charge is -1.99. The van der Waals surface area contributed by atoms with Crippen molar-refractivity contribution in [2.45, 2.75) is 6.54 Å². The predicted molar refractivity (Wildman–Crippen MR) is 61.3 cm³/mol. The van der Waals surface area contributed by atoms with Crippen LogP contribution >= 0.6 is 0 Å². The molecule has 0 radical (unpaired) electrons. The van der Waals surface area contributed by atoms with Gasteiger partial charge < -0.3 is 9.15 Å². The highest BCUT2D eigenvalue weighted by atomic mass is 16.5. The van der Waals surface area contributed by atoms with Crippen molar-refractivity contribution in [2.75, 3.05) is 7.11 Å². The molecular formula is C11H10N4O2. The van der Waals surface area contributed by atoms with Crippen LogP contribution in [-0.4, -0.2) is 12.1 Å². The van der Waals surface area contributed by atoms with Crippen LogP contribution in [0.15, 0.2) is 40.0 Å². The summed E-state index contributed by atoms with van der Waals surface area (Å²) >= 11 is 0. The molecule has 0 aliphatic rings. The molecule has 0 saturated carbocycles. The predicted octanol–water partition coefficient (Wildman–Crippen LogP) is 3.16. The van der Waals surface area contributed by atoms with Crippen LogP contribution in [0, 0.1) is 0 Å². The van der Waals surface area contributed by atoms with Crippen molar-refractivity contribution in [3.8, 4) is 17.1 Å². The van der Waals surface area contributed by atoms with Gasteiger partial charge in [0, 0.05) is 10.5 Å². The number of benzene rings is 1. The van der Waals surface area contributed by atoms with E-state index in [1.807, 2.05) is 24.3 Å². The molecular weight excluding hydrogens is 220 g/mol. The normalized spacial score (nSPS) is 9.71. The number of rotatable bonds is 4. The summed E-state index contributed by atoms with van der Waals surface area (Å²) < 4.78 is 10.5. The minimum atomic E-state index is 0.118. The van der Waals surface area contributed by atoms with Crippen LogP contribution < -0.4 is 4.74 Å². The Morgan fingerprint density at radius 3 is 2.82 bits per heavy atom. The first-order chi connectivity index (χ1) is 8.33. The molecule has 0 aliphatic carbocycles. The smallest absolute Gasteiger partial charge is 0.200 e. The van der Waals surface area contributed by atoms with E-state index in [1.165, 1.54) is 0 Å². The van der Waals surface area contributed by atoms with Crippen molar-refractivity contribution in [2.24, 2.45) is 5.11 Å². The number of azide groups is 1. The van der Waals surface area contributed by atoms with Gasteiger partial charge in [-0.15, -0.1) is 0 Å². The molecule has 0 N–H and O–H groups in total. The van der Waals surface area contributed by atoms with Gasteiger partial charge in [0.2, 0.25) is 5.89 Å². The highest BCUT2D eigenvalue weighted by Gasteiger charge is 2.05. The highest BCUT2D eigenvalue weighted by Crippen LogP contribution is 2.23. The number of aromatic nitrogens is 1. The molecule has 6 nitrogen and oxygen atoms in total. The van der Waals surface area contributed by atoms with Crippen LogP contribution in [0.3, 0.4) is 0 Å². The third-order valence-corrected chi connectivity index (χ3v) is 2.20. The SMILES string of the molecule is COc1ccc(-c2cnc(CN=[N+]=[N-])o2)cc1. The maximum Gasteiger partial charge on any atom is 0.200 e. The quantitative estimate of drug-likeness (QED) is 0.459. The molecule has 1 heterocycles. The minimum Gasteiger partial charge on any atom is -0.497 e. The summed E-state index contributed by atoms with van der Waals surface area (Å²) in [6, 6.07) is 7.42. The molecule has 86 valence electrons. The number of oxazole rings is 1. The summed E-state index contributed by atoms with van der Waals surface area (Å²) in [5, 5.41) is 3.38. The number of nitrogens with zero attached hydrogens (tertiary/aromatic N) is 4. The molecule has 0 fully saturated rings. The van der Waals surface area contributed by atoms with Crippen molar-refractivity contribution in [1.82, 2.24) is 4.98 Å². The zero-order chi connectivity index (χ0) is 12.1. The molecule has 1 aromatic heterocycles. The molecule has 2 aromatic rings. The topological polar surface area (TPSA) is 84.0 Å². The van der Waals surface area contributed by atoms with Gasteiger partial charge in [-0.3, -0.25) is 0 Å². The molecule has 0 aliphatic heterocycles. The standard InChI is InChI=1S/C11H10N4O2/c1-16-9-4-2-8(3-5-9)10-6-13-11(17-10)7-14-15-12/h2-6H,7H2,1H3. The molecule has 0 saturated heterocycles. The van der Waals surface area contributed by atoms with Gasteiger partial charge >= 0.3 is 0 Å². The molecule has 0 bridgehead atoms. The van der Waals surface area contributed by atoms with E-state index in [0.717, 1.165) is 11.3 Å². The van der Waals surface area contributed by atoms with Crippen LogP contribution in [0.1, 0.15) is 5.89 Å². The summed E-state index contributed by atoms with van der Waals surface area (Å²) in [6.07, 6.45) is 1.60. The summed E-state index contributed by atoms with van der Waals surface area (Å²) in [5.41, 5.74) is 9.08. The van der Waals surface area contributed by atoms with E-state index < -0.39 is 0 Å². The Morgan fingerprint density at radius 2 is 2.18 bits per heavy atom. The lowest BCUT2D eigenvalue weighted by atomic mass is 10.2. The van der Waals surface area contributed by atoms with Crippen LogP contribution in [0.4, 0.5) is 0 Å². The molecule has 0 unspecified atom stereocenters. The minimum absolute atomic E-state index is 0.118. The van der Waals surface area contributed by atoms with E-state index in [-0.39, 0.29) is 6.54 Å². The number of ether oxygens (including phenoxy) is 1. The molecule has 17 heavy (non-hydrogen) atoms. The second kappa shape index (κ2) is 5.05. The van der Waals surface area contributed by atoms with Gasteiger partial charge in [-0.2, -0.15) is 0 Å². The van der Waals surface area contributed by atoms with E-state index in [2.05, 4.69) is 15.0 Å². The first-order valence-electron chi connectivity index (χ1n) is 4.93. The Hall–Kier alpha value is -2.46. The van der Waals surface area contributed by atoms with Crippen LogP contribution in [0.25, 0.3) is 21.8 Å². The third kappa shape index (κ3) is 2.56. The molecule has 0 amide bonds. The van der Waals surface area contributed by atoms with Crippen molar-refractivity contribution in [1.29, 1.82) is 0 Å². The Morgan fingerprint density at radius 1 is 1.41 bits per heavy atom.